The molecule has 3 aliphatic heterocycles. The third kappa shape index (κ3) is 2.89. The first-order valence-corrected chi connectivity index (χ1v) is 9.07. The Bertz CT molecular complexity index is 833. The maximum Gasteiger partial charge on any atom is 0.228 e. The minimum atomic E-state index is -0.421. The second kappa shape index (κ2) is 6.58. The number of rotatable bonds is 3. The Kier molecular flexibility index (Phi) is 4.25. The van der Waals surface area contributed by atoms with Crippen LogP contribution in [0.5, 0.6) is 0 Å². The zero-order chi connectivity index (χ0) is 18.3. The summed E-state index contributed by atoms with van der Waals surface area (Å²) >= 11 is 0. The first-order valence-electron chi connectivity index (χ1n) is 9.07. The van der Waals surface area contributed by atoms with Gasteiger partial charge in [0.05, 0.1) is 29.3 Å². The molecule has 26 heavy (non-hydrogen) atoms. The van der Waals surface area contributed by atoms with Crippen molar-refractivity contribution >= 4 is 23.1 Å². The van der Waals surface area contributed by atoms with Crippen LogP contribution < -0.4 is 5.73 Å². The fourth-order valence-electron chi connectivity index (χ4n) is 4.26. The van der Waals surface area contributed by atoms with Crippen molar-refractivity contribution in [1.82, 2.24) is 4.90 Å². The maximum absolute atomic E-state index is 12.1. The minimum Gasteiger partial charge on any atom is -0.378 e. The number of nitrogens with zero attached hydrogens (tertiary/aromatic N) is 3. The van der Waals surface area contributed by atoms with Gasteiger partial charge in [-0.05, 0) is 49.8 Å². The van der Waals surface area contributed by atoms with Crippen LogP contribution in [-0.2, 0) is 9.53 Å². The average Bonchev–Trinajstić information content (AvgIpc) is 3.14. The zero-order valence-corrected chi connectivity index (χ0v) is 14.6. The number of nitrogens with two attached hydrogens (primary N) is 1. The molecule has 3 aliphatic rings. The summed E-state index contributed by atoms with van der Waals surface area (Å²) in [6.45, 7) is 5.80. The van der Waals surface area contributed by atoms with E-state index in [4.69, 9.17) is 20.7 Å². The predicted molar refractivity (Wildman–Crippen MR) is 98.4 cm³/mol. The van der Waals surface area contributed by atoms with E-state index in [0.717, 1.165) is 49.4 Å². The number of aliphatic imine (C=N–C) groups is 1. The van der Waals surface area contributed by atoms with Gasteiger partial charge in [-0.1, -0.05) is 6.58 Å². The summed E-state index contributed by atoms with van der Waals surface area (Å²) in [5, 5.41) is 9.17. The Morgan fingerprint density at radius 3 is 3.04 bits per heavy atom. The van der Waals surface area contributed by atoms with Crippen molar-refractivity contribution in [2.75, 3.05) is 13.2 Å². The molecule has 3 unspecified atom stereocenters. The van der Waals surface area contributed by atoms with Gasteiger partial charge in [-0.2, -0.15) is 5.26 Å². The Morgan fingerprint density at radius 2 is 2.35 bits per heavy atom. The minimum absolute atomic E-state index is 0.266. The van der Waals surface area contributed by atoms with E-state index in [1.807, 2.05) is 4.90 Å². The van der Waals surface area contributed by atoms with Gasteiger partial charge in [-0.3, -0.25) is 4.79 Å². The number of carbonyl (C=O) groups excluding carboxylic acids is 1. The molecule has 6 heteroatoms. The van der Waals surface area contributed by atoms with Crippen molar-refractivity contribution < 1.29 is 9.53 Å². The van der Waals surface area contributed by atoms with Crippen LogP contribution in [0.1, 0.15) is 36.8 Å². The van der Waals surface area contributed by atoms with Crippen molar-refractivity contribution in [3.05, 3.63) is 35.9 Å². The number of nitriles is 1. The molecular weight excluding hydrogens is 328 g/mol. The van der Waals surface area contributed by atoms with Crippen molar-refractivity contribution in [1.29, 1.82) is 5.26 Å². The van der Waals surface area contributed by atoms with E-state index in [2.05, 4.69) is 12.6 Å². The molecule has 0 radical (unpaired) electrons. The fraction of sp³-hybridized carbons (Fsp3) is 0.450. The van der Waals surface area contributed by atoms with E-state index in [9.17, 15) is 4.79 Å². The zero-order valence-electron chi connectivity index (χ0n) is 14.6. The number of fused-ring (bicyclic) bond motifs is 2. The number of benzene rings is 1. The molecule has 0 spiro atoms. The summed E-state index contributed by atoms with van der Waals surface area (Å²) in [4.78, 5) is 18.8. The normalized spacial score (nSPS) is 27.3. The number of hydrogen-bond donors (Lipinski definition) is 1. The summed E-state index contributed by atoms with van der Waals surface area (Å²) in [5.41, 5.74) is 8.64. The van der Waals surface area contributed by atoms with Gasteiger partial charge in [-0.15, -0.1) is 0 Å². The molecule has 1 aromatic carbocycles. The second-order valence-electron chi connectivity index (χ2n) is 7.30. The molecule has 0 aliphatic carbocycles. The SMILES string of the molecule is C=C1c2cc(C#N)ccc2N=C2C(C(N)=O)CC(CC3CCCO3)CN12. The van der Waals surface area contributed by atoms with E-state index in [1.54, 1.807) is 18.2 Å². The standard InChI is InChI=1S/C20H22N4O2/c1-12-16-8-13(10-21)4-5-18(16)23-20-17(19(22)25)9-14(11-24(12)20)7-15-3-2-6-26-15/h4-5,8,14-15,17H,1-3,6-7,9,11H2,(H2,22,25). The molecular formula is C20H22N4O2. The maximum atomic E-state index is 12.1. The first kappa shape index (κ1) is 16.8. The number of ether oxygens (including phenoxy) is 1. The second-order valence-corrected chi connectivity index (χ2v) is 7.30. The van der Waals surface area contributed by atoms with E-state index < -0.39 is 5.92 Å². The lowest BCUT2D eigenvalue weighted by Crippen LogP contribution is -2.50. The van der Waals surface area contributed by atoms with Crippen molar-refractivity contribution in [2.24, 2.45) is 22.6 Å². The molecule has 1 amide bonds. The van der Waals surface area contributed by atoms with Crippen molar-refractivity contribution in [2.45, 2.75) is 31.8 Å². The Morgan fingerprint density at radius 1 is 1.50 bits per heavy atom. The molecule has 2 fully saturated rings. The van der Waals surface area contributed by atoms with Crippen LogP contribution in [0.3, 0.4) is 0 Å². The largest absolute Gasteiger partial charge is 0.378 e. The van der Waals surface area contributed by atoms with Crippen LogP contribution in [0.15, 0.2) is 29.8 Å². The first-order chi connectivity index (χ1) is 12.6. The predicted octanol–water partition coefficient (Wildman–Crippen LogP) is 2.57. The third-order valence-electron chi connectivity index (χ3n) is 5.56. The summed E-state index contributed by atoms with van der Waals surface area (Å²) in [7, 11) is 0. The third-order valence-corrected chi connectivity index (χ3v) is 5.56. The molecule has 1 aromatic rings. The lowest BCUT2D eigenvalue weighted by molar-refractivity contribution is -0.120. The van der Waals surface area contributed by atoms with Crippen LogP contribution in [-0.4, -0.2) is 35.9 Å². The van der Waals surface area contributed by atoms with Gasteiger partial charge in [0.15, 0.2) is 0 Å². The van der Waals surface area contributed by atoms with Crippen LogP contribution in [0.25, 0.3) is 5.70 Å². The van der Waals surface area contributed by atoms with Crippen LogP contribution >= 0.6 is 0 Å². The number of piperidine rings is 1. The Hall–Kier alpha value is -2.65. The summed E-state index contributed by atoms with van der Waals surface area (Å²) in [6.07, 6.45) is 4.07. The van der Waals surface area contributed by atoms with E-state index in [1.165, 1.54) is 0 Å². The summed E-state index contributed by atoms with van der Waals surface area (Å²) in [5.74, 6) is 0.210. The van der Waals surface area contributed by atoms with Crippen LogP contribution in [0.4, 0.5) is 5.69 Å². The molecule has 0 saturated carbocycles. The molecule has 2 saturated heterocycles. The summed E-state index contributed by atoms with van der Waals surface area (Å²) < 4.78 is 5.78. The molecule has 0 bridgehead atoms. The molecule has 134 valence electrons. The van der Waals surface area contributed by atoms with Crippen LogP contribution in [0.2, 0.25) is 0 Å². The van der Waals surface area contributed by atoms with Gasteiger partial charge < -0.3 is 15.4 Å². The highest BCUT2D eigenvalue weighted by Gasteiger charge is 2.40. The highest BCUT2D eigenvalue weighted by molar-refractivity contribution is 6.09. The number of carbonyl (C=O) groups is 1. The van der Waals surface area contributed by atoms with Gasteiger partial charge in [0.1, 0.15) is 5.84 Å². The molecule has 0 aromatic heterocycles. The van der Waals surface area contributed by atoms with Gasteiger partial charge in [0.25, 0.3) is 0 Å². The van der Waals surface area contributed by atoms with Crippen LogP contribution in [0, 0.1) is 23.2 Å². The number of amides is 1. The molecule has 2 N–H and O–H groups in total. The highest BCUT2D eigenvalue weighted by Crippen LogP contribution is 2.40. The molecule has 3 atom stereocenters. The lowest BCUT2D eigenvalue weighted by Gasteiger charge is -2.42. The quantitative estimate of drug-likeness (QED) is 0.907. The topological polar surface area (TPSA) is 91.7 Å². The Labute approximate surface area is 152 Å². The number of primary amides is 1. The molecule has 3 heterocycles. The van der Waals surface area contributed by atoms with Gasteiger partial charge in [0, 0.05) is 24.4 Å². The number of hydrogen-bond acceptors (Lipinski definition) is 5. The van der Waals surface area contributed by atoms with E-state index in [0.29, 0.717) is 23.7 Å². The average molecular weight is 350 g/mol. The van der Waals surface area contributed by atoms with E-state index >= 15 is 0 Å². The smallest absolute Gasteiger partial charge is 0.228 e. The van der Waals surface area contributed by atoms with Crippen molar-refractivity contribution in [3.63, 3.8) is 0 Å². The molecule has 6 nitrogen and oxygen atoms in total. The highest BCUT2D eigenvalue weighted by atomic mass is 16.5. The fourth-order valence-corrected chi connectivity index (χ4v) is 4.26. The van der Waals surface area contributed by atoms with E-state index in [-0.39, 0.29) is 12.0 Å². The Balaban J connectivity index is 1.67. The van der Waals surface area contributed by atoms with Crippen molar-refractivity contribution in [3.8, 4) is 6.07 Å². The lowest BCUT2D eigenvalue weighted by atomic mass is 9.82. The van der Waals surface area contributed by atoms with Gasteiger partial charge >= 0.3 is 0 Å². The summed E-state index contributed by atoms with van der Waals surface area (Å²) in [6, 6.07) is 7.50. The number of amidine groups is 1. The van der Waals surface area contributed by atoms with Gasteiger partial charge in [0.2, 0.25) is 5.91 Å². The van der Waals surface area contributed by atoms with Gasteiger partial charge in [-0.25, -0.2) is 4.99 Å². The monoisotopic (exact) mass is 350 g/mol. The molecule has 4 rings (SSSR count).